The minimum absolute atomic E-state index is 0. The zero-order valence-corrected chi connectivity index (χ0v) is 29.7. The monoisotopic (exact) mass is 847 g/mol. The standard InChI is InChI=1S/C10H8F6O.C8H18O2.C7H8.C4H4F6O.C3F6O.H2/c11-9(12,13)8(10(14,15)16)6-4-1-2-5(3-4)7(6)17-8;1-7(2,3)9-10-8(4,5)6;1-2-7-4-3-6(1)5-7;1-2(11,3(5,6)7)4(8,9)10;4-2(5,6)1(10)3(7,8)9;/h1-2,4-7H,3H2;1-6H3;1-4,6-7H,5H2;11H,1H3;;1H/i;;;;;1+1. The van der Waals surface area contributed by atoms with Crippen molar-refractivity contribution in [2.75, 3.05) is 0 Å². The summed E-state index contributed by atoms with van der Waals surface area (Å²) in [5.41, 5.74) is -9.00. The number of hydrogen-bond donors (Lipinski definition) is 1. The van der Waals surface area contributed by atoms with Gasteiger partial charge in [-0.2, -0.15) is 79.0 Å². The first kappa shape index (κ1) is 50.5. The summed E-state index contributed by atoms with van der Waals surface area (Å²) in [5.74, 6) is -4.52. The number of alkyl halides is 18. The quantitative estimate of drug-likeness (QED) is 0.123. The van der Waals surface area contributed by atoms with Gasteiger partial charge in [0.2, 0.25) is 0 Å². The van der Waals surface area contributed by atoms with E-state index in [1.807, 2.05) is 41.5 Å². The van der Waals surface area contributed by atoms with Gasteiger partial charge in [0.05, 0.1) is 17.3 Å². The zero-order valence-electron chi connectivity index (χ0n) is 29.7. The van der Waals surface area contributed by atoms with Crippen LogP contribution >= 0.6 is 0 Å². The van der Waals surface area contributed by atoms with E-state index in [0.29, 0.717) is 6.42 Å². The highest BCUT2D eigenvalue weighted by Crippen LogP contribution is 2.67. The predicted molar refractivity (Wildman–Crippen MR) is 157 cm³/mol. The van der Waals surface area contributed by atoms with Gasteiger partial charge >= 0.3 is 42.8 Å². The third-order valence-electron chi connectivity index (χ3n) is 7.94. The summed E-state index contributed by atoms with van der Waals surface area (Å²) in [5, 5.41) is 7.94. The van der Waals surface area contributed by atoms with Gasteiger partial charge in [-0.05, 0) is 79.1 Å². The van der Waals surface area contributed by atoms with Gasteiger partial charge in [-0.25, -0.2) is 9.78 Å². The van der Waals surface area contributed by atoms with Crippen LogP contribution in [0.3, 0.4) is 0 Å². The van der Waals surface area contributed by atoms with Gasteiger partial charge in [-0.1, -0.05) is 36.5 Å². The van der Waals surface area contributed by atoms with Crippen molar-refractivity contribution in [3.63, 3.8) is 0 Å². The van der Waals surface area contributed by atoms with Gasteiger partial charge in [0.1, 0.15) is 0 Å². The molecule has 4 atom stereocenters. The number of allylic oxidation sites excluding steroid dienone is 5. The summed E-state index contributed by atoms with van der Waals surface area (Å²) in [4.78, 5) is 19.4. The first-order valence-electron chi connectivity index (χ1n) is 15.8. The maximum Gasteiger partial charge on any atom is 0.459 e. The van der Waals surface area contributed by atoms with Gasteiger partial charge in [0, 0.05) is 13.3 Å². The largest absolute Gasteiger partial charge is 0.459 e. The average molecular weight is 848 g/mol. The minimum Gasteiger partial charge on any atom is -0.374 e. The molecule has 1 N–H and O–H groups in total. The fourth-order valence-electron chi connectivity index (χ4n) is 5.26. The van der Waals surface area contributed by atoms with Crippen LogP contribution in [-0.4, -0.2) is 76.5 Å². The second-order valence-electron chi connectivity index (χ2n) is 14.9. The second kappa shape index (κ2) is 16.4. The number of fused-ring (bicyclic) bond motifs is 7. The Labute approximate surface area is 304 Å². The van der Waals surface area contributed by atoms with E-state index in [-0.39, 0.29) is 25.5 Å². The Morgan fingerprint density at radius 3 is 1.09 bits per heavy atom. The van der Waals surface area contributed by atoms with Crippen molar-refractivity contribution in [1.82, 2.24) is 0 Å². The van der Waals surface area contributed by atoms with Gasteiger partial charge in [0.15, 0.2) is 0 Å². The van der Waals surface area contributed by atoms with E-state index < -0.39 is 72.0 Å². The van der Waals surface area contributed by atoms with E-state index in [2.05, 4.69) is 29.0 Å². The number of rotatable bonds is 1. The Kier molecular flexibility index (Phi) is 15.0. The lowest BCUT2D eigenvalue weighted by Crippen LogP contribution is -2.75. The Balaban J connectivity index is 0.000000695. The van der Waals surface area contributed by atoms with Gasteiger partial charge < -0.3 is 9.84 Å². The second-order valence-corrected chi connectivity index (χ2v) is 14.9. The summed E-state index contributed by atoms with van der Waals surface area (Å²) in [6.07, 6.45) is -20.8. The van der Waals surface area contributed by atoms with E-state index in [1.165, 1.54) is 12.5 Å². The summed E-state index contributed by atoms with van der Waals surface area (Å²) >= 11 is 0. The van der Waals surface area contributed by atoms with Crippen molar-refractivity contribution in [1.29, 1.82) is 0 Å². The smallest absolute Gasteiger partial charge is 0.374 e. The SMILES string of the molecule is C1=CC2C=CC1C2.CC(C)(C)OOC(C)(C)C.CC(O)(C(F)(F)F)C(F)(F)F.FC(F)(F)C1(C(F)(F)F)OC2C3C=CC(C3)C21.O=C(C(F)(F)F)C(F)(F)F.[2HH]. The van der Waals surface area contributed by atoms with E-state index >= 15 is 0 Å². The van der Waals surface area contributed by atoms with Crippen LogP contribution < -0.4 is 0 Å². The number of aliphatic hydroxyl groups is 1. The van der Waals surface area contributed by atoms with E-state index in [9.17, 15) is 83.8 Å². The summed E-state index contributed by atoms with van der Waals surface area (Å²) < 4.78 is 214. The lowest BCUT2D eigenvalue weighted by atomic mass is 9.70. The Morgan fingerprint density at radius 1 is 0.582 bits per heavy atom. The number of carbonyl (C=O) groups excluding carboxylic acids is 1. The molecule has 4 unspecified atom stereocenters. The summed E-state index contributed by atoms with van der Waals surface area (Å²) in [7, 11) is 0. The molecule has 55 heavy (non-hydrogen) atoms. The highest BCUT2D eigenvalue weighted by molar-refractivity contribution is 5.89. The maximum absolute atomic E-state index is 12.7. The Hall–Kier alpha value is -2.53. The average Bonchev–Trinajstić information content (AvgIpc) is 3.71. The van der Waals surface area contributed by atoms with Crippen molar-refractivity contribution in [3.05, 3.63) is 36.5 Å². The molecule has 2 fully saturated rings. The predicted octanol–water partition coefficient (Wildman–Crippen LogP) is 11.1. The molecule has 0 amide bonds. The highest BCUT2D eigenvalue weighted by atomic mass is 19.4. The molecule has 0 aromatic rings. The van der Waals surface area contributed by atoms with Crippen molar-refractivity contribution in [3.8, 4) is 0 Å². The van der Waals surface area contributed by atoms with Crippen LogP contribution in [0.15, 0.2) is 36.5 Å². The molecule has 5 nitrogen and oxygen atoms in total. The van der Waals surface area contributed by atoms with Crippen LogP contribution in [0.1, 0.15) is 62.7 Å². The molecule has 5 aliphatic rings. The molecule has 1 heterocycles. The van der Waals surface area contributed by atoms with E-state index in [4.69, 9.17) is 14.9 Å². The number of ketones is 1. The number of carbonyl (C=O) groups is 1. The fraction of sp³-hybridized carbons (Fsp3) is 0.781. The lowest BCUT2D eigenvalue weighted by Gasteiger charge is -2.55. The molecule has 1 saturated heterocycles. The van der Waals surface area contributed by atoms with E-state index in [0.717, 1.165) is 11.8 Å². The van der Waals surface area contributed by atoms with Crippen LogP contribution in [0.25, 0.3) is 0 Å². The molecular weight excluding hydrogens is 806 g/mol. The number of ether oxygens (including phenoxy) is 1. The molecule has 4 bridgehead atoms. The summed E-state index contributed by atoms with van der Waals surface area (Å²) in [6, 6.07) is 0. The molecule has 0 radical (unpaired) electrons. The molecule has 4 aliphatic carbocycles. The molecule has 324 valence electrons. The number of Topliss-reactive ketones (excluding diaryl/α,β-unsaturated/α-hetero) is 1. The molecule has 1 aliphatic heterocycles. The number of halogens is 18. The minimum atomic E-state index is -5.82. The Bertz CT molecular complexity index is 1290. The van der Waals surface area contributed by atoms with Crippen molar-refractivity contribution in [2.24, 2.45) is 29.6 Å². The van der Waals surface area contributed by atoms with E-state index in [1.54, 1.807) is 6.08 Å². The highest BCUT2D eigenvalue weighted by Gasteiger charge is 2.85. The van der Waals surface area contributed by atoms with Gasteiger partial charge in [0.25, 0.3) is 11.2 Å². The molecule has 0 aromatic carbocycles. The molecule has 0 aromatic heterocycles. The molecule has 5 rings (SSSR count). The number of hydrogen-bond acceptors (Lipinski definition) is 5. The summed E-state index contributed by atoms with van der Waals surface area (Å²) in [6.45, 7) is 11.4. The third kappa shape index (κ3) is 13.0. The van der Waals surface area contributed by atoms with Crippen LogP contribution in [0, 0.1) is 29.6 Å². The zero-order chi connectivity index (χ0) is 43.8. The first-order chi connectivity index (χ1) is 24.0. The molecule has 23 heteroatoms. The fourth-order valence-corrected chi connectivity index (χ4v) is 5.26. The van der Waals surface area contributed by atoms with Crippen LogP contribution in [0.5, 0.6) is 0 Å². The van der Waals surface area contributed by atoms with Gasteiger partial charge in [-0.15, -0.1) is 0 Å². The Morgan fingerprint density at radius 2 is 0.909 bits per heavy atom. The molecule has 0 spiro atoms. The van der Waals surface area contributed by atoms with Crippen LogP contribution in [0.2, 0.25) is 0 Å². The normalized spacial score (nSPS) is 26.7. The van der Waals surface area contributed by atoms with Crippen molar-refractivity contribution in [2.45, 2.75) is 127 Å². The third-order valence-corrected chi connectivity index (χ3v) is 7.94. The maximum atomic E-state index is 12.7. The molecular formula is C32H40F18O5. The first-order valence-corrected chi connectivity index (χ1v) is 15.8. The lowest BCUT2D eigenvalue weighted by molar-refractivity contribution is -0.466. The van der Waals surface area contributed by atoms with Crippen molar-refractivity contribution >= 4 is 5.78 Å². The van der Waals surface area contributed by atoms with Crippen LogP contribution in [0.4, 0.5) is 79.0 Å². The topological polar surface area (TPSA) is 65.0 Å². The van der Waals surface area contributed by atoms with Crippen molar-refractivity contribution < 1.29 is 105 Å². The van der Waals surface area contributed by atoms with Crippen LogP contribution in [-0.2, 0) is 19.3 Å². The molecule has 1 saturated carbocycles. The van der Waals surface area contributed by atoms with Gasteiger partial charge in [-0.3, -0.25) is 4.79 Å².